The fraction of sp³-hybridized carbons (Fsp3) is 0.286. The van der Waals surface area contributed by atoms with E-state index in [-0.39, 0.29) is 11.9 Å². The van der Waals surface area contributed by atoms with Gasteiger partial charge in [0.15, 0.2) is 0 Å². The number of anilines is 1. The number of amides is 1. The van der Waals surface area contributed by atoms with Gasteiger partial charge in [-0.25, -0.2) is 0 Å². The molecule has 1 amide bonds. The molecule has 0 aromatic carbocycles. The molecule has 114 valence electrons. The number of carbonyl (C=O) groups excluding carboxylic acids is 1. The molecule has 3 aromatic rings. The minimum atomic E-state index is -0.251. The maximum Gasteiger partial charge on any atom is 0.247 e. The number of fused-ring (bicyclic) bond motifs is 1. The molecule has 0 radical (unpaired) electrons. The average Bonchev–Trinajstić information content (AvgIpc) is 3.19. The van der Waals surface area contributed by atoms with E-state index in [1.165, 1.54) is 4.52 Å². The maximum absolute atomic E-state index is 12.7. The second-order valence-electron chi connectivity index (χ2n) is 4.79. The number of hydrogen-bond donors (Lipinski definition) is 1. The summed E-state index contributed by atoms with van der Waals surface area (Å²) in [6, 6.07) is 7.18. The molecule has 1 unspecified atom stereocenters. The summed E-state index contributed by atoms with van der Waals surface area (Å²) in [5, 5.41) is 14.3. The monoisotopic (exact) mass is 316 g/mol. The predicted molar refractivity (Wildman–Crippen MR) is 85.9 cm³/mol. The van der Waals surface area contributed by atoms with Gasteiger partial charge in [-0.2, -0.15) is 16.3 Å². The van der Waals surface area contributed by atoms with Crippen molar-refractivity contribution in [1.29, 1.82) is 0 Å². The van der Waals surface area contributed by atoms with E-state index in [1.54, 1.807) is 30.1 Å². The molecule has 0 fully saturated rings. The van der Waals surface area contributed by atoms with Crippen molar-refractivity contribution in [1.82, 2.24) is 24.6 Å². The lowest BCUT2D eigenvalue weighted by Crippen LogP contribution is -2.26. The molecule has 0 aliphatic carbocycles. The lowest BCUT2D eigenvalue weighted by Gasteiger charge is -2.18. The normalized spacial score (nSPS) is 12.4. The molecular formula is C14H16N6OS. The SMILES string of the molecule is CSCCC(C(=O)Nc1cccn2nnnc12)n1cccc1. The Morgan fingerprint density at radius 3 is 2.91 bits per heavy atom. The first-order valence-electron chi connectivity index (χ1n) is 6.88. The number of thioether (sulfide) groups is 1. The number of rotatable bonds is 6. The zero-order valence-corrected chi connectivity index (χ0v) is 12.9. The number of tetrazole rings is 1. The molecular weight excluding hydrogens is 300 g/mol. The quantitative estimate of drug-likeness (QED) is 0.751. The second kappa shape index (κ2) is 6.61. The van der Waals surface area contributed by atoms with Gasteiger partial charge >= 0.3 is 0 Å². The van der Waals surface area contributed by atoms with Crippen LogP contribution in [0.5, 0.6) is 0 Å². The van der Waals surface area contributed by atoms with Crippen LogP contribution in [-0.2, 0) is 4.79 Å². The molecule has 0 saturated heterocycles. The van der Waals surface area contributed by atoms with Crippen molar-refractivity contribution in [3.63, 3.8) is 0 Å². The lowest BCUT2D eigenvalue weighted by atomic mass is 10.2. The Hall–Kier alpha value is -2.35. The standard InChI is InChI=1S/C14H16N6OS/c1-22-10-6-12(19-7-2-3-8-19)14(21)15-11-5-4-9-20-13(11)16-17-18-20/h2-5,7-9,12H,6,10H2,1H3,(H,15,21). The Labute approximate surface area is 131 Å². The van der Waals surface area contributed by atoms with Crippen LogP contribution in [0.2, 0.25) is 0 Å². The van der Waals surface area contributed by atoms with Crippen molar-refractivity contribution in [3.05, 3.63) is 42.9 Å². The van der Waals surface area contributed by atoms with Gasteiger partial charge in [0.1, 0.15) is 6.04 Å². The Bertz CT molecular complexity index is 754. The van der Waals surface area contributed by atoms with Crippen LogP contribution in [0.3, 0.4) is 0 Å². The highest BCUT2D eigenvalue weighted by atomic mass is 32.2. The Morgan fingerprint density at radius 2 is 2.14 bits per heavy atom. The number of carbonyl (C=O) groups is 1. The highest BCUT2D eigenvalue weighted by Crippen LogP contribution is 2.19. The topological polar surface area (TPSA) is 77.1 Å². The Morgan fingerprint density at radius 1 is 1.32 bits per heavy atom. The van der Waals surface area contributed by atoms with Gasteiger partial charge in [0, 0.05) is 18.6 Å². The fourth-order valence-corrected chi connectivity index (χ4v) is 2.74. The third kappa shape index (κ3) is 2.96. The van der Waals surface area contributed by atoms with E-state index in [9.17, 15) is 4.79 Å². The molecule has 0 aliphatic heterocycles. The summed E-state index contributed by atoms with van der Waals surface area (Å²) in [5.74, 6) is 0.841. The molecule has 7 nitrogen and oxygen atoms in total. The van der Waals surface area contributed by atoms with E-state index in [4.69, 9.17) is 0 Å². The molecule has 3 heterocycles. The van der Waals surface area contributed by atoms with Crippen LogP contribution < -0.4 is 5.32 Å². The smallest absolute Gasteiger partial charge is 0.247 e. The van der Waals surface area contributed by atoms with Gasteiger partial charge in [-0.15, -0.1) is 5.10 Å². The number of nitrogens with zero attached hydrogens (tertiary/aromatic N) is 5. The van der Waals surface area contributed by atoms with Crippen molar-refractivity contribution in [2.75, 3.05) is 17.3 Å². The fourth-order valence-electron chi connectivity index (χ4n) is 2.28. The summed E-state index contributed by atoms with van der Waals surface area (Å²) in [6.07, 6.45) is 8.35. The van der Waals surface area contributed by atoms with Crippen LogP contribution >= 0.6 is 11.8 Å². The van der Waals surface area contributed by atoms with Crippen molar-refractivity contribution >= 4 is 29.0 Å². The van der Waals surface area contributed by atoms with Gasteiger partial charge in [0.05, 0.1) is 5.69 Å². The molecule has 0 bridgehead atoms. The van der Waals surface area contributed by atoms with Gasteiger partial charge < -0.3 is 9.88 Å². The highest BCUT2D eigenvalue weighted by molar-refractivity contribution is 7.98. The predicted octanol–water partition coefficient (Wildman–Crippen LogP) is 1.86. The molecule has 8 heteroatoms. The summed E-state index contributed by atoms with van der Waals surface area (Å²) >= 11 is 1.73. The first-order chi connectivity index (χ1) is 10.8. The van der Waals surface area contributed by atoms with Gasteiger partial charge in [-0.1, -0.05) is 0 Å². The maximum atomic E-state index is 12.7. The third-order valence-corrected chi connectivity index (χ3v) is 4.01. The molecule has 3 rings (SSSR count). The van der Waals surface area contributed by atoms with Gasteiger partial charge in [0.2, 0.25) is 11.6 Å². The van der Waals surface area contributed by atoms with Crippen molar-refractivity contribution < 1.29 is 4.79 Å². The highest BCUT2D eigenvalue weighted by Gasteiger charge is 2.20. The molecule has 0 spiro atoms. The second-order valence-corrected chi connectivity index (χ2v) is 5.77. The summed E-state index contributed by atoms with van der Waals surface area (Å²) in [7, 11) is 0. The zero-order valence-electron chi connectivity index (χ0n) is 12.1. The van der Waals surface area contributed by atoms with Crippen molar-refractivity contribution in [2.24, 2.45) is 0 Å². The van der Waals surface area contributed by atoms with Gasteiger partial charge in [-0.05, 0) is 53.1 Å². The summed E-state index contributed by atoms with van der Waals surface area (Å²) in [6.45, 7) is 0. The molecule has 1 N–H and O–H groups in total. The molecule has 3 aromatic heterocycles. The van der Waals surface area contributed by atoms with Crippen LogP contribution in [-0.4, -0.2) is 42.5 Å². The summed E-state index contributed by atoms with van der Waals surface area (Å²) < 4.78 is 3.45. The van der Waals surface area contributed by atoms with E-state index in [0.717, 1.165) is 12.2 Å². The van der Waals surface area contributed by atoms with Crippen molar-refractivity contribution in [3.8, 4) is 0 Å². The molecule has 0 saturated carbocycles. The van der Waals surface area contributed by atoms with E-state index in [2.05, 4.69) is 20.8 Å². The van der Waals surface area contributed by atoms with Crippen LogP contribution in [0.25, 0.3) is 5.65 Å². The van der Waals surface area contributed by atoms with Gasteiger partial charge in [-0.3, -0.25) is 4.79 Å². The third-order valence-electron chi connectivity index (χ3n) is 3.37. The van der Waals surface area contributed by atoms with Crippen LogP contribution in [0.1, 0.15) is 12.5 Å². The molecule has 1 atom stereocenters. The number of pyridine rings is 1. The van der Waals surface area contributed by atoms with Gasteiger partial charge in [0.25, 0.3) is 0 Å². The number of hydrogen-bond acceptors (Lipinski definition) is 5. The number of nitrogens with one attached hydrogen (secondary N) is 1. The zero-order chi connectivity index (χ0) is 15.4. The molecule has 0 aliphatic rings. The van der Waals surface area contributed by atoms with E-state index >= 15 is 0 Å². The van der Waals surface area contributed by atoms with E-state index in [1.807, 2.05) is 35.3 Å². The van der Waals surface area contributed by atoms with Crippen LogP contribution in [0.15, 0.2) is 42.9 Å². The first kappa shape index (κ1) is 14.6. The van der Waals surface area contributed by atoms with Crippen LogP contribution in [0, 0.1) is 0 Å². The van der Waals surface area contributed by atoms with Crippen molar-refractivity contribution in [2.45, 2.75) is 12.5 Å². The van der Waals surface area contributed by atoms with E-state index in [0.29, 0.717) is 11.3 Å². The molecule has 22 heavy (non-hydrogen) atoms. The largest absolute Gasteiger partial charge is 0.342 e. The Balaban J connectivity index is 1.83. The minimum absolute atomic E-state index is 0.0682. The van der Waals surface area contributed by atoms with Crippen LogP contribution in [0.4, 0.5) is 5.69 Å². The lowest BCUT2D eigenvalue weighted by molar-refractivity contribution is -0.119. The van der Waals surface area contributed by atoms with E-state index < -0.39 is 0 Å². The summed E-state index contributed by atoms with van der Waals surface area (Å²) in [5.41, 5.74) is 1.14. The minimum Gasteiger partial charge on any atom is -0.342 e. The summed E-state index contributed by atoms with van der Waals surface area (Å²) in [4.78, 5) is 12.7. The first-order valence-corrected chi connectivity index (χ1v) is 8.28. The Kier molecular flexibility index (Phi) is 4.38. The average molecular weight is 316 g/mol. The number of aromatic nitrogens is 5.